The van der Waals surface area contributed by atoms with Crippen molar-refractivity contribution in [1.29, 1.82) is 0 Å². The molecule has 3 nitrogen and oxygen atoms in total. The predicted octanol–water partition coefficient (Wildman–Crippen LogP) is 3.36. The van der Waals surface area contributed by atoms with Crippen LogP contribution in [0.15, 0.2) is 12.1 Å². The third-order valence-electron chi connectivity index (χ3n) is 4.52. The lowest BCUT2D eigenvalue weighted by molar-refractivity contribution is 0.00566. The molecular formula is C17H24ClNO2. The number of ether oxygens (including phenoxy) is 2. The van der Waals surface area contributed by atoms with E-state index in [1.807, 2.05) is 13.1 Å². The highest BCUT2D eigenvalue weighted by molar-refractivity contribution is 6.30. The molecule has 1 saturated heterocycles. The van der Waals surface area contributed by atoms with Crippen LogP contribution in [0.4, 0.5) is 0 Å². The molecular weight excluding hydrogens is 286 g/mol. The molecule has 2 unspecified atom stereocenters. The lowest BCUT2D eigenvalue weighted by Crippen LogP contribution is -2.34. The average Bonchev–Trinajstić information content (AvgIpc) is 2.96. The number of likely N-dealkylation sites (N-methyl/N-ethyl adjacent to an activating group) is 1. The first kappa shape index (κ1) is 15.1. The SMILES string of the molecule is CNC(Cc1cc(Cl)cc2c1OCC2)CC1CCCCO1. The Kier molecular flexibility index (Phi) is 5.04. The van der Waals surface area contributed by atoms with Crippen molar-refractivity contribution < 1.29 is 9.47 Å². The van der Waals surface area contributed by atoms with E-state index < -0.39 is 0 Å². The molecule has 1 N–H and O–H groups in total. The minimum absolute atomic E-state index is 0.393. The van der Waals surface area contributed by atoms with Crippen LogP contribution in [0, 0.1) is 0 Å². The Morgan fingerprint density at radius 3 is 3.00 bits per heavy atom. The molecule has 0 spiro atoms. The second-order valence-corrected chi connectivity index (χ2v) is 6.50. The Morgan fingerprint density at radius 1 is 1.33 bits per heavy atom. The number of hydrogen-bond acceptors (Lipinski definition) is 3. The molecule has 2 aliphatic heterocycles. The van der Waals surface area contributed by atoms with E-state index in [0.717, 1.165) is 43.2 Å². The van der Waals surface area contributed by atoms with Gasteiger partial charge in [0.05, 0.1) is 12.7 Å². The zero-order chi connectivity index (χ0) is 14.7. The van der Waals surface area contributed by atoms with Gasteiger partial charge in [-0.05, 0) is 62.4 Å². The van der Waals surface area contributed by atoms with E-state index in [-0.39, 0.29) is 0 Å². The summed E-state index contributed by atoms with van der Waals surface area (Å²) < 4.78 is 11.7. The van der Waals surface area contributed by atoms with Crippen LogP contribution in [0.5, 0.6) is 5.75 Å². The van der Waals surface area contributed by atoms with E-state index in [0.29, 0.717) is 12.1 Å². The summed E-state index contributed by atoms with van der Waals surface area (Å²) in [6.07, 6.45) is 7.04. The number of fused-ring (bicyclic) bond motifs is 1. The standard InChI is InChI=1S/C17H24ClNO2/c1-19-15(11-16-4-2-3-6-20-16)10-13-9-14(18)8-12-5-7-21-17(12)13/h8-9,15-16,19H,2-7,10-11H2,1H3. The highest BCUT2D eigenvalue weighted by atomic mass is 35.5. The average molecular weight is 310 g/mol. The number of rotatable bonds is 5. The van der Waals surface area contributed by atoms with Crippen LogP contribution >= 0.6 is 11.6 Å². The molecule has 116 valence electrons. The van der Waals surface area contributed by atoms with Crippen molar-refractivity contribution in [3.8, 4) is 5.75 Å². The van der Waals surface area contributed by atoms with Crippen molar-refractivity contribution in [2.24, 2.45) is 0 Å². The van der Waals surface area contributed by atoms with Gasteiger partial charge in [-0.3, -0.25) is 0 Å². The molecule has 1 aromatic rings. The van der Waals surface area contributed by atoms with Gasteiger partial charge < -0.3 is 14.8 Å². The van der Waals surface area contributed by atoms with Crippen LogP contribution in [-0.4, -0.2) is 32.4 Å². The molecule has 2 heterocycles. The summed E-state index contributed by atoms with van der Waals surface area (Å²) in [4.78, 5) is 0. The van der Waals surface area contributed by atoms with Crippen molar-refractivity contribution in [3.63, 3.8) is 0 Å². The molecule has 4 heteroatoms. The van der Waals surface area contributed by atoms with Gasteiger partial charge in [-0.15, -0.1) is 0 Å². The molecule has 2 aliphatic rings. The Balaban J connectivity index is 1.69. The maximum absolute atomic E-state index is 6.25. The van der Waals surface area contributed by atoms with Gasteiger partial charge in [-0.25, -0.2) is 0 Å². The molecule has 0 saturated carbocycles. The lowest BCUT2D eigenvalue weighted by atomic mass is 9.95. The second-order valence-electron chi connectivity index (χ2n) is 6.07. The van der Waals surface area contributed by atoms with Crippen molar-refractivity contribution in [1.82, 2.24) is 5.32 Å². The molecule has 0 aliphatic carbocycles. The minimum Gasteiger partial charge on any atom is -0.493 e. The summed E-state index contributed by atoms with van der Waals surface area (Å²) >= 11 is 6.25. The molecule has 1 aromatic carbocycles. The first-order chi connectivity index (χ1) is 10.3. The van der Waals surface area contributed by atoms with E-state index in [2.05, 4.69) is 11.4 Å². The Morgan fingerprint density at radius 2 is 2.24 bits per heavy atom. The number of benzene rings is 1. The van der Waals surface area contributed by atoms with Gasteiger partial charge in [0.25, 0.3) is 0 Å². The van der Waals surface area contributed by atoms with Crippen molar-refractivity contribution in [2.45, 2.75) is 50.7 Å². The van der Waals surface area contributed by atoms with Gasteiger partial charge in [0.1, 0.15) is 5.75 Å². The largest absolute Gasteiger partial charge is 0.493 e. The molecule has 1 fully saturated rings. The number of nitrogens with one attached hydrogen (secondary N) is 1. The van der Waals surface area contributed by atoms with Crippen molar-refractivity contribution >= 4 is 11.6 Å². The monoisotopic (exact) mass is 309 g/mol. The Labute approximate surface area is 132 Å². The van der Waals surface area contributed by atoms with Crippen LogP contribution in [0.2, 0.25) is 5.02 Å². The zero-order valence-electron chi connectivity index (χ0n) is 12.7. The topological polar surface area (TPSA) is 30.5 Å². The Bertz CT molecular complexity index is 486. The summed E-state index contributed by atoms with van der Waals surface area (Å²) in [5.41, 5.74) is 2.48. The third kappa shape index (κ3) is 3.71. The van der Waals surface area contributed by atoms with E-state index in [9.17, 15) is 0 Å². The first-order valence-electron chi connectivity index (χ1n) is 7.99. The van der Waals surface area contributed by atoms with Gasteiger partial charge in [0.2, 0.25) is 0 Å². The first-order valence-corrected chi connectivity index (χ1v) is 8.37. The summed E-state index contributed by atoms with van der Waals surface area (Å²) in [5, 5.41) is 4.25. The maximum atomic E-state index is 6.25. The van der Waals surface area contributed by atoms with Crippen LogP contribution in [0.25, 0.3) is 0 Å². The fraction of sp³-hybridized carbons (Fsp3) is 0.647. The molecule has 2 atom stereocenters. The number of halogens is 1. The summed E-state index contributed by atoms with van der Waals surface area (Å²) in [6, 6.07) is 4.49. The van der Waals surface area contributed by atoms with E-state index in [4.69, 9.17) is 21.1 Å². The van der Waals surface area contributed by atoms with E-state index in [1.54, 1.807) is 0 Å². The van der Waals surface area contributed by atoms with Crippen LogP contribution in [0.3, 0.4) is 0 Å². The Hall–Kier alpha value is -0.770. The van der Waals surface area contributed by atoms with Gasteiger partial charge >= 0.3 is 0 Å². The molecule has 0 amide bonds. The van der Waals surface area contributed by atoms with Crippen LogP contribution in [-0.2, 0) is 17.6 Å². The lowest BCUT2D eigenvalue weighted by Gasteiger charge is -2.27. The van der Waals surface area contributed by atoms with E-state index >= 15 is 0 Å². The number of hydrogen-bond donors (Lipinski definition) is 1. The summed E-state index contributed by atoms with van der Waals surface area (Å²) in [5.74, 6) is 1.06. The van der Waals surface area contributed by atoms with Gasteiger partial charge in [-0.2, -0.15) is 0 Å². The molecule has 0 bridgehead atoms. The highest BCUT2D eigenvalue weighted by Crippen LogP contribution is 2.34. The molecule has 21 heavy (non-hydrogen) atoms. The van der Waals surface area contributed by atoms with Gasteiger partial charge in [-0.1, -0.05) is 11.6 Å². The summed E-state index contributed by atoms with van der Waals surface area (Å²) in [6.45, 7) is 1.69. The molecule has 0 aromatic heterocycles. The van der Waals surface area contributed by atoms with Crippen LogP contribution in [0.1, 0.15) is 36.8 Å². The summed E-state index contributed by atoms with van der Waals surface area (Å²) in [7, 11) is 2.03. The van der Waals surface area contributed by atoms with Gasteiger partial charge in [0.15, 0.2) is 0 Å². The molecule has 0 radical (unpaired) electrons. The highest BCUT2D eigenvalue weighted by Gasteiger charge is 2.23. The second kappa shape index (κ2) is 6.99. The third-order valence-corrected chi connectivity index (χ3v) is 4.74. The molecule has 3 rings (SSSR count). The maximum Gasteiger partial charge on any atom is 0.125 e. The zero-order valence-corrected chi connectivity index (χ0v) is 13.4. The van der Waals surface area contributed by atoms with Crippen LogP contribution < -0.4 is 10.1 Å². The predicted molar refractivity (Wildman–Crippen MR) is 85.4 cm³/mol. The van der Waals surface area contributed by atoms with Gasteiger partial charge in [0, 0.05) is 24.1 Å². The van der Waals surface area contributed by atoms with Crippen molar-refractivity contribution in [2.75, 3.05) is 20.3 Å². The minimum atomic E-state index is 0.393. The normalized spacial score (nSPS) is 22.7. The van der Waals surface area contributed by atoms with Crippen molar-refractivity contribution in [3.05, 3.63) is 28.3 Å². The smallest absolute Gasteiger partial charge is 0.125 e. The fourth-order valence-electron chi connectivity index (χ4n) is 3.38. The van der Waals surface area contributed by atoms with E-state index in [1.165, 1.54) is 30.4 Å². The quantitative estimate of drug-likeness (QED) is 0.904. The fourth-order valence-corrected chi connectivity index (χ4v) is 3.64.